The van der Waals surface area contributed by atoms with E-state index in [1.165, 1.54) is 5.56 Å². The molecule has 0 aromatic heterocycles. The minimum Gasteiger partial charge on any atom is -0.276 e. The van der Waals surface area contributed by atoms with E-state index in [2.05, 4.69) is 0 Å². The number of rotatable bonds is 1. The first-order valence-corrected chi connectivity index (χ1v) is 5.18. The predicted molar refractivity (Wildman–Crippen MR) is 63.6 cm³/mol. The number of hydrogen-bond acceptors (Lipinski definition) is 1. The van der Waals surface area contributed by atoms with Crippen molar-refractivity contribution in [1.29, 1.82) is 0 Å². The van der Waals surface area contributed by atoms with Crippen LogP contribution in [0.4, 0.5) is 0 Å². The molecule has 0 amide bonds. The number of carbonyl (C=O) groups is 1. The van der Waals surface area contributed by atoms with E-state index in [0.717, 1.165) is 16.3 Å². The molecule has 2 heteroatoms. The summed E-state index contributed by atoms with van der Waals surface area (Å²) < 4.78 is 0. The third kappa shape index (κ3) is 1.64. The van der Waals surface area contributed by atoms with Gasteiger partial charge in [0.25, 0.3) is 5.24 Å². The summed E-state index contributed by atoms with van der Waals surface area (Å²) in [4.78, 5) is 11.2. The van der Waals surface area contributed by atoms with Crippen LogP contribution in [0, 0.1) is 13.8 Å². The lowest BCUT2D eigenvalue weighted by molar-refractivity contribution is 0.108. The van der Waals surface area contributed by atoms with Crippen LogP contribution in [0.2, 0.25) is 0 Å². The van der Waals surface area contributed by atoms with Crippen LogP contribution in [-0.2, 0) is 0 Å². The van der Waals surface area contributed by atoms with Gasteiger partial charge in [-0.1, -0.05) is 24.3 Å². The standard InChI is InChI=1S/C13H11ClO/c1-8-4-3-5-10-6-7-11(13(14)15)9(2)12(8)10/h3-7H,1-2H3. The Kier molecular flexibility index (Phi) is 2.49. The van der Waals surface area contributed by atoms with E-state index in [0.29, 0.717) is 5.56 Å². The molecular formula is C13H11ClO. The van der Waals surface area contributed by atoms with Crippen LogP contribution in [-0.4, -0.2) is 5.24 Å². The van der Waals surface area contributed by atoms with E-state index in [1.807, 2.05) is 38.1 Å². The van der Waals surface area contributed by atoms with Gasteiger partial charge in [0.05, 0.1) is 0 Å². The molecule has 2 aromatic rings. The van der Waals surface area contributed by atoms with E-state index in [-0.39, 0.29) is 0 Å². The second kappa shape index (κ2) is 3.67. The SMILES string of the molecule is Cc1cccc2ccc(C(=O)Cl)c(C)c12. The van der Waals surface area contributed by atoms with Crippen LogP contribution in [0.5, 0.6) is 0 Å². The molecule has 1 nitrogen and oxygen atoms in total. The van der Waals surface area contributed by atoms with Gasteiger partial charge in [0, 0.05) is 5.56 Å². The highest BCUT2D eigenvalue weighted by Gasteiger charge is 2.09. The Morgan fingerprint density at radius 2 is 1.87 bits per heavy atom. The largest absolute Gasteiger partial charge is 0.276 e. The van der Waals surface area contributed by atoms with E-state index in [4.69, 9.17) is 11.6 Å². The van der Waals surface area contributed by atoms with E-state index < -0.39 is 5.24 Å². The van der Waals surface area contributed by atoms with Crippen LogP contribution >= 0.6 is 11.6 Å². The average Bonchev–Trinajstić information content (AvgIpc) is 2.17. The third-order valence-corrected chi connectivity index (χ3v) is 2.93. The van der Waals surface area contributed by atoms with Crippen molar-refractivity contribution in [1.82, 2.24) is 0 Å². The summed E-state index contributed by atoms with van der Waals surface area (Å²) in [6, 6.07) is 9.81. The first kappa shape index (κ1) is 10.2. The maximum atomic E-state index is 11.2. The summed E-state index contributed by atoms with van der Waals surface area (Å²) in [6.07, 6.45) is 0. The topological polar surface area (TPSA) is 17.1 Å². The highest BCUT2D eigenvalue weighted by atomic mass is 35.5. The molecule has 0 unspecified atom stereocenters. The van der Waals surface area contributed by atoms with Crippen LogP contribution in [0.15, 0.2) is 30.3 Å². The number of carbonyl (C=O) groups excluding carboxylic acids is 1. The minimum absolute atomic E-state index is 0.391. The predicted octanol–water partition coefficient (Wildman–Crippen LogP) is 3.84. The summed E-state index contributed by atoms with van der Waals surface area (Å²) in [5, 5.41) is 1.89. The molecule has 0 radical (unpaired) electrons. The fourth-order valence-electron chi connectivity index (χ4n) is 1.99. The molecule has 0 fully saturated rings. The molecule has 15 heavy (non-hydrogen) atoms. The van der Waals surface area contributed by atoms with Crippen molar-refractivity contribution in [2.24, 2.45) is 0 Å². The summed E-state index contributed by atoms with van der Waals surface area (Å²) in [5.74, 6) is 0. The lowest BCUT2D eigenvalue weighted by atomic mass is 9.97. The molecule has 0 spiro atoms. The Hall–Kier alpha value is -1.34. The maximum Gasteiger partial charge on any atom is 0.252 e. The molecule has 2 rings (SSSR count). The van der Waals surface area contributed by atoms with Crippen LogP contribution < -0.4 is 0 Å². The second-order valence-corrected chi connectivity index (χ2v) is 4.03. The molecule has 0 atom stereocenters. The van der Waals surface area contributed by atoms with Crippen LogP contribution in [0.25, 0.3) is 10.8 Å². The molecule has 0 N–H and O–H groups in total. The Labute approximate surface area is 93.7 Å². The second-order valence-electron chi connectivity index (χ2n) is 3.68. The van der Waals surface area contributed by atoms with Gasteiger partial charge in [0.15, 0.2) is 0 Å². The quantitative estimate of drug-likeness (QED) is 0.665. The summed E-state index contributed by atoms with van der Waals surface area (Å²) >= 11 is 5.52. The van der Waals surface area contributed by atoms with Crippen molar-refractivity contribution < 1.29 is 4.79 Å². The summed E-state index contributed by atoms with van der Waals surface area (Å²) in [7, 11) is 0. The molecule has 0 saturated heterocycles. The van der Waals surface area contributed by atoms with Gasteiger partial charge in [-0.3, -0.25) is 4.79 Å². The third-order valence-electron chi connectivity index (χ3n) is 2.73. The average molecular weight is 219 g/mol. The van der Waals surface area contributed by atoms with Gasteiger partial charge in [-0.25, -0.2) is 0 Å². The Balaban J connectivity index is 2.89. The molecular weight excluding hydrogens is 208 g/mol. The van der Waals surface area contributed by atoms with Crippen LogP contribution in [0.3, 0.4) is 0 Å². The minimum atomic E-state index is -0.391. The maximum absolute atomic E-state index is 11.2. The van der Waals surface area contributed by atoms with Crippen molar-refractivity contribution in [3.05, 3.63) is 47.0 Å². The van der Waals surface area contributed by atoms with Crippen molar-refractivity contribution in [2.45, 2.75) is 13.8 Å². The van der Waals surface area contributed by atoms with Crippen molar-refractivity contribution in [2.75, 3.05) is 0 Å². The van der Waals surface area contributed by atoms with E-state index >= 15 is 0 Å². The number of benzene rings is 2. The van der Waals surface area contributed by atoms with Gasteiger partial charge in [-0.05, 0) is 53.4 Å². The van der Waals surface area contributed by atoms with E-state index in [1.54, 1.807) is 6.07 Å². The van der Waals surface area contributed by atoms with Gasteiger partial charge in [0.2, 0.25) is 0 Å². The lowest BCUT2D eigenvalue weighted by Gasteiger charge is -2.08. The van der Waals surface area contributed by atoms with Crippen molar-refractivity contribution >= 4 is 27.6 Å². The molecule has 0 aliphatic rings. The smallest absolute Gasteiger partial charge is 0.252 e. The van der Waals surface area contributed by atoms with Gasteiger partial charge >= 0.3 is 0 Å². The number of halogens is 1. The molecule has 0 aliphatic heterocycles. The Bertz CT molecular complexity index is 543. The summed E-state index contributed by atoms with van der Waals surface area (Å²) in [5.41, 5.74) is 2.73. The molecule has 76 valence electrons. The fraction of sp³-hybridized carbons (Fsp3) is 0.154. The number of hydrogen-bond donors (Lipinski definition) is 0. The van der Waals surface area contributed by atoms with Crippen molar-refractivity contribution in [3.63, 3.8) is 0 Å². The molecule has 2 aromatic carbocycles. The van der Waals surface area contributed by atoms with Gasteiger partial charge in [0.1, 0.15) is 0 Å². The van der Waals surface area contributed by atoms with Crippen molar-refractivity contribution in [3.8, 4) is 0 Å². The number of fused-ring (bicyclic) bond motifs is 1. The Morgan fingerprint density at radius 1 is 1.13 bits per heavy atom. The van der Waals surface area contributed by atoms with E-state index in [9.17, 15) is 4.79 Å². The zero-order valence-electron chi connectivity index (χ0n) is 8.67. The number of aryl methyl sites for hydroxylation is 2. The van der Waals surface area contributed by atoms with Gasteiger partial charge in [-0.15, -0.1) is 0 Å². The molecule has 0 saturated carbocycles. The van der Waals surface area contributed by atoms with Gasteiger partial charge < -0.3 is 0 Å². The lowest BCUT2D eigenvalue weighted by Crippen LogP contribution is -1.95. The molecule has 0 aliphatic carbocycles. The highest BCUT2D eigenvalue weighted by molar-refractivity contribution is 6.68. The normalized spacial score (nSPS) is 10.6. The zero-order valence-corrected chi connectivity index (χ0v) is 9.43. The fourth-order valence-corrected chi connectivity index (χ4v) is 2.19. The first-order chi connectivity index (χ1) is 7.11. The van der Waals surface area contributed by atoms with Gasteiger partial charge in [-0.2, -0.15) is 0 Å². The molecule has 0 bridgehead atoms. The highest BCUT2D eigenvalue weighted by Crippen LogP contribution is 2.25. The monoisotopic (exact) mass is 218 g/mol. The first-order valence-electron chi connectivity index (χ1n) is 4.80. The molecule has 0 heterocycles. The Morgan fingerprint density at radius 3 is 2.53 bits per heavy atom. The summed E-state index contributed by atoms with van der Waals surface area (Å²) in [6.45, 7) is 3.97. The van der Waals surface area contributed by atoms with Crippen LogP contribution in [0.1, 0.15) is 21.5 Å². The zero-order chi connectivity index (χ0) is 11.0.